The van der Waals surface area contributed by atoms with Crippen LogP contribution in [0, 0.1) is 0 Å². The Kier molecular flexibility index (Phi) is 4.80. The normalized spacial score (nSPS) is 11.9. The molecule has 24 heavy (non-hydrogen) atoms. The average molecular weight is 319 g/mol. The second-order valence-electron chi connectivity index (χ2n) is 5.92. The number of hydrogen-bond acceptors (Lipinski definition) is 2. The molecular formula is C21H21NO2. The van der Waals surface area contributed by atoms with Crippen LogP contribution in [0.4, 0.5) is 0 Å². The summed E-state index contributed by atoms with van der Waals surface area (Å²) in [5.74, 6) is 0.770. The van der Waals surface area contributed by atoms with Gasteiger partial charge in [0.15, 0.2) is 0 Å². The molecule has 0 saturated heterocycles. The Labute approximate surface area is 142 Å². The first kappa shape index (κ1) is 16.1. The van der Waals surface area contributed by atoms with E-state index in [1.807, 2.05) is 43.3 Å². The summed E-state index contributed by atoms with van der Waals surface area (Å²) in [6, 6.07) is 22.1. The minimum atomic E-state index is -0.0345. The van der Waals surface area contributed by atoms with Crippen LogP contribution in [0.2, 0.25) is 0 Å². The van der Waals surface area contributed by atoms with Crippen LogP contribution >= 0.6 is 0 Å². The molecule has 3 aromatic carbocycles. The van der Waals surface area contributed by atoms with Crippen LogP contribution in [0.3, 0.4) is 0 Å². The lowest BCUT2D eigenvalue weighted by Gasteiger charge is -2.15. The molecular weight excluding hydrogens is 298 g/mol. The number of carbonyl (C=O) groups is 1. The molecule has 0 saturated carbocycles. The van der Waals surface area contributed by atoms with Crippen LogP contribution in [-0.2, 0) is 11.2 Å². The third-order valence-corrected chi connectivity index (χ3v) is 4.15. The number of benzene rings is 3. The van der Waals surface area contributed by atoms with Gasteiger partial charge in [0.25, 0.3) is 0 Å². The van der Waals surface area contributed by atoms with Crippen molar-refractivity contribution in [1.29, 1.82) is 0 Å². The summed E-state index contributed by atoms with van der Waals surface area (Å²) < 4.78 is 5.20. The van der Waals surface area contributed by atoms with Crippen molar-refractivity contribution in [3.8, 4) is 5.75 Å². The van der Waals surface area contributed by atoms with E-state index in [0.717, 1.165) is 16.9 Å². The van der Waals surface area contributed by atoms with Gasteiger partial charge in [-0.2, -0.15) is 0 Å². The van der Waals surface area contributed by atoms with Crippen LogP contribution in [0.25, 0.3) is 10.8 Å². The van der Waals surface area contributed by atoms with Crippen molar-refractivity contribution in [2.24, 2.45) is 0 Å². The number of rotatable bonds is 5. The first-order chi connectivity index (χ1) is 11.7. The maximum absolute atomic E-state index is 12.3. The van der Waals surface area contributed by atoms with Crippen molar-refractivity contribution in [3.05, 3.63) is 77.9 Å². The molecule has 0 heterocycles. The third kappa shape index (κ3) is 3.74. The summed E-state index contributed by atoms with van der Waals surface area (Å²) in [5, 5.41) is 5.46. The summed E-state index contributed by atoms with van der Waals surface area (Å²) in [7, 11) is 1.63. The first-order valence-electron chi connectivity index (χ1n) is 8.07. The van der Waals surface area contributed by atoms with E-state index in [4.69, 9.17) is 4.74 Å². The smallest absolute Gasteiger partial charge is 0.224 e. The maximum Gasteiger partial charge on any atom is 0.224 e. The molecule has 0 spiro atoms. The highest BCUT2D eigenvalue weighted by Gasteiger charge is 2.11. The van der Waals surface area contributed by atoms with Gasteiger partial charge in [0.05, 0.1) is 19.6 Å². The molecule has 0 radical (unpaired) electrons. The SMILES string of the molecule is COc1cccc(CC(=O)NC(C)c2ccc3ccccc3c2)c1. The van der Waals surface area contributed by atoms with Gasteiger partial charge in [-0.3, -0.25) is 4.79 Å². The van der Waals surface area contributed by atoms with E-state index < -0.39 is 0 Å². The Balaban J connectivity index is 1.68. The van der Waals surface area contributed by atoms with Crippen molar-refractivity contribution in [2.75, 3.05) is 7.11 Å². The standard InChI is InChI=1S/C21H21NO2/c1-15(18-11-10-17-7-3-4-8-19(17)14-18)22-21(23)13-16-6-5-9-20(12-16)24-2/h3-12,14-15H,13H2,1-2H3,(H,22,23). The zero-order valence-corrected chi connectivity index (χ0v) is 14.0. The largest absolute Gasteiger partial charge is 0.497 e. The molecule has 1 unspecified atom stereocenters. The molecule has 0 aliphatic carbocycles. The van der Waals surface area contributed by atoms with E-state index in [-0.39, 0.29) is 11.9 Å². The minimum Gasteiger partial charge on any atom is -0.497 e. The predicted molar refractivity (Wildman–Crippen MR) is 97.2 cm³/mol. The van der Waals surface area contributed by atoms with Crippen LogP contribution in [-0.4, -0.2) is 13.0 Å². The Hall–Kier alpha value is -2.81. The fourth-order valence-electron chi connectivity index (χ4n) is 2.82. The molecule has 0 aliphatic heterocycles. The first-order valence-corrected chi connectivity index (χ1v) is 8.07. The van der Waals surface area contributed by atoms with E-state index in [1.165, 1.54) is 10.8 Å². The molecule has 0 aliphatic rings. The molecule has 0 fully saturated rings. The zero-order chi connectivity index (χ0) is 16.9. The molecule has 0 bridgehead atoms. The topological polar surface area (TPSA) is 38.3 Å². The molecule has 3 aromatic rings. The molecule has 0 aromatic heterocycles. The summed E-state index contributed by atoms with van der Waals surface area (Å²) in [4.78, 5) is 12.3. The number of carbonyl (C=O) groups excluding carboxylic acids is 1. The van der Waals surface area contributed by atoms with E-state index in [0.29, 0.717) is 6.42 Å². The van der Waals surface area contributed by atoms with Gasteiger partial charge >= 0.3 is 0 Å². The van der Waals surface area contributed by atoms with Crippen LogP contribution in [0.1, 0.15) is 24.1 Å². The number of hydrogen-bond donors (Lipinski definition) is 1. The Morgan fingerprint density at radius 3 is 2.58 bits per heavy atom. The number of methoxy groups -OCH3 is 1. The van der Waals surface area contributed by atoms with Crippen LogP contribution in [0.15, 0.2) is 66.7 Å². The highest BCUT2D eigenvalue weighted by Crippen LogP contribution is 2.20. The highest BCUT2D eigenvalue weighted by atomic mass is 16.5. The fraction of sp³-hybridized carbons (Fsp3) is 0.190. The van der Waals surface area contributed by atoms with Crippen molar-refractivity contribution < 1.29 is 9.53 Å². The van der Waals surface area contributed by atoms with Crippen molar-refractivity contribution in [1.82, 2.24) is 5.32 Å². The molecule has 1 amide bonds. The second kappa shape index (κ2) is 7.18. The summed E-state index contributed by atoms with van der Waals surface area (Å²) in [5.41, 5.74) is 2.05. The van der Waals surface area contributed by atoms with E-state index >= 15 is 0 Å². The molecule has 122 valence electrons. The van der Waals surface area contributed by atoms with Crippen molar-refractivity contribution in [3.63, 3.8) is 0 Å². The van der Waals surface area contributed by atoms with Gasteiger partial charge in [-0.25, -0.2) is 0 Å². The lowest BCUT2D eigenvalue weighted by molar-refractivity contribution is -0.121. The molecule has 3 nitrogen and oxygen atoms in total. The third-order valence-electron chi connectivity index (χ3n) is 4.15. The van der Waals surface area contributed by atoms with Gasteiger partial charge in [0.1, 0.15) is 5.75 Å². The van der Waals surface area contributed by atoms with E-state index in [1.54, 1.807) is 7.11 Å². The minimum absolute atomic E-state index is 0.00362. The highest BCUT2D eigenvalue weighted by molar-refractivity contribution is 5.83. The van der Waals surface area contributed by atoms with Crippen LogP contribution in [0.5, 0.6) is 5.75 Å². The molecule has 3 heteroatoms. The number of fused-ring (bicyclic) bond motifs is 1. The Bertz CT molecular complexity index is 857. The summed E-state index contributed by atoms with van der Waals surface area (Å²) >= 11 is 0. The van der Waals surface area contributed by atoms with Gasteiger partial charge in [-0.05, 0) is 47.0 Å². The zero-order valence-electron chi connectivity index (χ0n) is 14.0. The second-order valence-corrected chi connectivity index (χ2v) is 5.92. The van der Waals surface area contributed by atoms with E-state index in [9.17, 15) is 4.79 Å². The Morgan fingerprint density at radius 1 is 1.00 bits per heavy atom. The van der Waals surface area contributed by atoms with Crippen molar-refractivity contribution in [2.45, 2.75) is 19.4 Å². The summed E-state index contributed by atoms with van der Waals surface area (Å²) in [6.45, 7) is 2.01. The average Bonchev–Trinajstić information content (AvgIpc) is 2.61. The van der Waals surface area contributed by atoms with Gasteiger partial charge in [-0.15, -0.1) is 0 Å². The fourth-order valence-corrected chi connectivity index (χ4v) is 2.82. The quantitative estimate of drug-likeness (QED) is 0.763. The number of ether oxygens (including phenoxy) is 1. The molecule has 3 rings (SSSR count). The number of nitrogens with one attached hydrogen (secondary N) is 1. The van der Waals surface area contributed by atoms with Gasteiger partial charge in [0.2, 0.25) is 5.91 Å². The maximum atomic E-state index is 12.3. The number of amides is 1. The monoisotopic (exact) mass is 319 g/mol. The van der Waals surface area contributed by atoms with Gasteiger partial charge in [0, 0.05) is 0 Å². The predicted octanol–water partition coefficient (Wildman–Crippen LogP) is 4.27. The Morgan fingerprint density at radius 2 is 1.79 bits per heavy atom. The van der Waals surface area contributed by atoms with Gasteiger partial charge < -0.3 is 10.1 Å². The lowest BCUT2D eigenvalue weighted by atomic mass is 10.0. The molecule has 1 atom stereocenters. The summed E-state index contributed by atoms with van der Waals surface area (Å²) in [6.07, 6.45) is 0.342. The van der Waals surface area contributed by atoms with Gasteiger partial charge in [-0.1, -0.05) is 48.5 Å². The van der Waals surface area contributed by atoms with Crippen molar-refractivity contribution >= 4 is 16.7 Å². The van der Waals surface area contributed by atoms with E-state index in [2.05, 4.69) is 35.6 Å². The lowest BCUT2D eigenvalue weighted by Crippen LogP contribution is -2.28. The van der Waals surface area contributed by atoms with Crippen LogP contribution < -0.4 is 10.1 Å². The molecule has 1 N–H and O–H groups in total.